The molecule has 1 fully saturated rings. The predicted octanol–water partition coefficient (Wildman–Crippen LogP) is 1.37. The van der Waals surface area contributed by atoms with Crippen LogP contribution in [0.3, 0.4) is 0 Å². The Labute approximate surface area is 112 Å². The first-order valence-corrected chi connectivity index (χ1v) is 6.44. The van der Waals surface area contributed by atoms with Crippen LogP contribution in [0.25, 0.3) is 0 Å². The normalized spacial score (nSPS) is 22.0. The molecule has 1 N–H and O–H groups in total. The summed E-state index contributed by atoms with van der Waals surface area (Å²) in [6.45, 7) is 3.15. The maximum atomic E-state index is 11.4. The minimum Gasteiger partial charge on any atom is -0.490 e. The van der Waals surface area contributed by atoms with E-state index in [1.807, 2.05) is 31.2 Å². The number of esters is 1. The lowest BCUT2D eigenvalue weighted by atomic mass is 10.2. The molecule has 5 nitrogen and oxygen atoms in total. The van der Waals surface area contributed by atoms with Crippen LogP contribution in [0.1, 0.15) is 13.3 Å². The summed E-state index contributed by atoms with van der Waals surface area (Å²) in [6.07, 6.45) is 0.554. The number of carbonyl (C=O) groups is 1. The number of rotatable bonds is 5. The van der Waals surface area contributed by atoms with E-state index in [0.717, 1.165) is 5.75 Å². The van der Waals surface area contributed by atoms with E-state index in [1.54, 1.807) is 0 Å². The Morgan fingerprint density at radius 2 is 2.11 bits per heavy atom. The van der Waals surface area contributed by atoms with Crippen molar-refractivity contribution < 1.29 is 19.0 Å². The van der Waals surface area contributed by atoms with Gasteiger partial charge in [-0.05, 0) is 19.1 Å². The van der Waals surface area contributed by atoms with Crippen molar-refractivity contribution in [1.29, 1.82) is 0 Å². The first-order valence-electron chi connectivity index (χ1n) is 6.44. The summed E-state index contributed by atoms with van der Waals surface area (Å²) >= 11 is 0. The van der Waals surface area contributed by atoms with E-state index in [4.69, 9.17) is 14.2 Å². The molecular weight excluding hydrogens is 246 g/mol. The fourth-order valence-electron chi connectivity index (χ4n) is 2.12. The minimum atomic E-state index is -0.283. The molecule has 1 saturated heterocycles. The monoisotopic (exact) mass is 265 g/mol. The highest BCUT2D eigenvalue weighted by Gasteiger charge is 2.31. The largest absolute Gasteiger partial charge is 0.490 e. The Morgan fingerprint density at radius 3 is 2.79 bits per heavy atom. The number of hydrogen-bond acceptors (Lipinski definition) is 5. The molecule has 0 spiro atoms. The van der Waals surface area contributed by atoms with Crippen molar-refractivity contribution in [3.05, 3.63) is 24.3 Å². The summed E-state index contributed by atoms with van der Waals surface area (Å²) < 4.78 is 16.1. The third kappa shape index (κ3) is 3.38. The molecule has 0 bridgehead atoms. The Hall–Kier alpha value is -1.75. The Morgan fingerprint density at radius 1 is 1.37 bits per heavy atom. The molecule has 0 saturated carbocycles. The van der Waals surface area contributed by atoms with E-state index in [9.17, 15) is 4.79 Å². The zero-order chi connectivity index (χ0) is 13.7. The molecule has 0 amide bonds. The summed E-state index contributed by atoms with van der Waals surface area (Å²) in [4.78, 5) is 11.4. The average Bonchev–Trinajstić information content (AvgIpc) is 2.89. The first-order chi connectivity index (χ1) is 9.24. The molecular formula is C14H19NO4. The van der Waals surface area contributed by atoms with Gasteiger partial charge in [-0.1, -0.05) is 12.1 Å². The minimum absolute atomic E-state index is 0.0503. The molecule has 104 valence electrons. The highest BCUT2D eigenvalue weighted by molar-refractivity contribution is 5.76. The third-order valence-corrected chi connectivity index (χ3v) is 3.02. The zero-order valence-corrected chi connectivity index (χ0v) is 11.2. The van der Waals surface area contributed by atoms with Gasteiger partial charge in [0.05, 0.1) is 13.7 Å². The van der Waals surface area contributed by atoms with E-state index >= 15 is 0 Å². The fourth-order valence-corrected chi connectivity index (χ4v) is 2.12. The lowest BCUT2D eigenvalue weighted by molar-refractivity contribution is -0.142. The Bertz CT molecular complexity index is 435. The maximum Gasteiger partial charge on any atom is 0.323 e. The SMILES string of the molecule is CCOc1ccccc1O[C@H]1CN[C@@H](C(=O)OC)C1. The number of methoxy groups -OCH3 is 1. The van der Waals surface area contributed by atoms with E-state index < -0.39 is 0 Å². The quantitative estimate of drug-likeness (QED) is 0.815. The second kappa shape index (κ2) is 6.43. The van der Waals surface area contributed by atoms with Crippen LogP contribution in [-0.4, -0.2) is 38.4 Å². The van der Waals surface area contributed by atoms with Gasteiger partial charge >= 0.3 is 5.97 Å². The van der Waals surface area contributed by atoms with Crippen LogP contribution in [0.2, 0.25) is 0 Å². The standard InChI is InChI=1S/C14H19NO4/c1-3-18-12-6-4-5-7-13(12)19-10-8-11(15-9-10)14(16)17-2/h4-7,10-11,15H,3,8-9H2,1-2H3/t10-,11-/m1/s1. The van der Waals surface area contributed by atoms with Crippen molar-refractivity contribution in [3.8, 4) is 11.5 Å². The molecule has 1 aromatic carbocycles. The molecule has 0 aliphatic carbocycles. The lowest BCUT2D eigenvalue weighted by Crippen LogP contribution is -2.31. The second-order valence-electron chi connectivity index (χ2n) is 4.34. The number of hydrogen-bond donors (Lipinski definition) is 1. The average molecular weight is 265 g/mol. The van der Waals surface area contributed by atoms with Gasteiger partial charge in [0, 0.05) is 13.0 Å². The van der Waals surface area contributed by atoms with Gasteiger partial charge < -0.3 is 19.5 Å². The van der Waals surface area contributed by atoms with Gasteiger partial charge in [-0.25, -0.2) is 0 Å². The first kappa shape index (κ1) is 13.7. The van der Waals surface area contributed by atoms with Crippen LogP contribution in [0, 0.1) is 0 Å². The molecule has 0 radical (unpaired) electrons. The van der Waals surface area contributed by atoms with Gasteiger partial charge in [0.25, 0.3) is 0 Å². The molecule has 0 unspecified atom stereocenters. The Kier molecular flexibility index (Phi) is 4.63. The van der Waals surface area contributed by atoms with Crippen LogP contribution in [-0.2, 0) is 9.53 Å². The topological polar surface area (TPSA) is 56.8 Å². The van der Waals surface area contributed by atoms with Crippen LogP contribution in [0.4, 0.5) is 0 Å². The van der Waals surface area contributed by atoms with Gasteiger partial charge in [-0.15, -0.1) is 0 Å². The highest BCUT2D eigenvalue weighted by Crippen LogP contribution is 2.28. The fraction of sp³-hybridized carbons (Fsp3) is 0.500. The summed E-state index contributed by atoms with van der Waals surface area (Å²) in [5.74, 6) is 1.19. The number of benzene rings is 1. The second-order valence-corrected chi connectivity index (χ2v) is 4.34. The zero-order valence-electron chi connectivity index (χ0n) is 11.2. The molecule has 1 aliphatic rings. The van der Waals surface area contributed by atoms with Gasteiger partial charge in [-0.2, -0.15) is 0 Å². The van der Waals surface area contributed by atoms with Crippen LogP contribution >= 0.6 is 0 Å². The van der Waals surface area contributed by atoms with Crippen LogP contribution < -0.4 is 14.8 Å². The van der Waals surface area contributed by atoms with Crippen molar-refractivity contribution in [2.45, 2.75) is 25.5 Å². The van der Waals surface area contributed by atoms with Gasteiger partial charge in [0.15, 0.2) is 11.5 Å². The summed E-state index contributed by atoms with van der Waals surface area (Å²) in [6, 6.07) is 7.27. The summed E-state index contributed by atoms with van der Waals surface area (Å²) in [5, 5.41) is 3.09. The van der Waals surface area contributed by atoms with Gasteiger partial charge in [-0.3, -0.25) is 4.79 Å². The number of ether oxygens (including phenoxy) is 3. The molecule has 2 rings (SSSR count). The summed E-state index contributed by atoms with van der Waals surface area (Å²) in [7, 11) is 1.39. The van der Waals surface area contributed by atoms with Crippen molar-refractivity contribution in [2.24, 2.45) is 0 Å². The lowest BCUT2D eigenvalue weighted by Gasteiger charge is -2.16. The molecule has 19 heavy (non-hydrogen) atoms. The van der Waals surface area contributed by atoms with Crippen molar-refractivity contribution in [1.82, 2.24) is 5.32 Å². The number of para-hydroxylation sites is 2. The highest BCUT2D eigenvalue weighted by atomic mass is 16.5. The molecule has 1 heterocycles. The molecule has 1 aromatic rings. The van der Waals surface area contributed by atoms with Crippen LogP contribution in [0.5, 0.6) is 11.5 Å². The summed E-state index contributed by atoms with van der Waals surface area (Å²) in [5.41, 5.74) is 0. The number of nitrogens with one attached hydrogen (secondary N) is 1. The van der Waals surface area contributed by atoms with Crippen molar-refractivity contribution in [2.75, 3.05) is 20.3 Å². The smallest absolute Gasteiger partial charge is 0.323 e. The number of carbonyl (C=O) groups excluding carboxylic acids is 1. The Balaban J connectivity index is 1.97. The molecule has 0 aromatic heterocycles. The van der Waals surface area contributed by atoms with Crippen molar-refractivity contribution in [3.63, 3.8) is 0 Å². The predicted molar refractivity (Wildman–Crippen MR) is 70.5 cm³/mol. The molecule has 5 heteroatoms. The van der Waals surface area contributed by atoms with E-state index in [-0.39, 0.29) is 18.1 Å². The maximum absolute atomic E-state index is 11.4. The van der Waals surface area contributed by atoms with Crippen molar-refractivity contribution >= 4 is 5.97 Å². The molecule has 1 aliphatic heterocycles. The molecule has 2 atom stereocenters. The van der Waals surface area contributed by atoms with E-state index in [0.29, 0.717) is 25.3 Å². The van der Waals surface area contributed by atoms with Gasteiger partial charge in [0.2, 0.25) is 0 Å². The van der Waals surface area contributed by atoms with Gasteiger partial charge in [0.1, 0.15) is 12.1 Å². The van der Waals surface area contributed by atoms with Crippen LogP contribution in [0.15, 0.2) is 24.3 Å². The van der Waals surface area contributed by atoms with E-state index in [1.165, 1.54) is 7.11 Å². The van der Waals surface area contributed by atoms with E-state index in [2.05, 4.69) is 5.32 Å². The third-order valence-electron chi connectivity index (χ3n) is 3.02.